The third-order valence-corrected chi connectivity index (χ3v) is 2.13. The topological polar surface area (TPSA) is 26.3 Å². The smallest absolute Gasteiger partial charge is 0.406 e. The van der Waals surface area contributed by atoms with Crippen LogP contribution >= 0.6 is 11.6 Å². The van der Waals surface area contributed by atoms with Crippen molar-refractivity contribution in [1.29, 1.82) is 0 Å². The normalized spacial score (nSPS) is 11.7. The molecule has 1 rings (SSSR count). The largest absolute Gasteiger partial charge is 0.573 e. The molecule has 0 atom stereocenters. The van der Waals surface area contributed by atoms with Crippen LogP contribution in [0, 0.1) is 5.92 Å². The van der Waals surface area contributed by atoms with E-state index in [0.29, 0.717) is 0 Å². The summed E-state index contributed by atoms with van der Waals surface area (Å²) in [6.07, 6.45) is -4.80. The summed E-state index contributed by atoms with van der Waals surface area (Å²) in [7, 11) is 0. The van der Waals surface area contributed by atoms with E-state index >= 15 is 0 Å². The minimum Gasteiger partial charge on any atom is -0.406 e. The lowest BCUT2D eigenvalue weighted by Crippen LogP contribution is -2.17. The fraction of sp³-hybridized carbons (Fsp3) is 0.364. The quantitative estimate of drug-likeness (QED) is 0.771. The number of carbonyl (C=O) groups is 1. The maximum atomic E-state index is 12.0. The van der Waals surface area contributed by atoms with Crippen LogP contribution in [0.5, 0.6) is 5.75 Å². The second-order valence-electron chi connectivity index (χ2n) is 3.74. The summed E-state index contributed by atoms with van der Waals surface area (Å²) in [6, 6.07) is 3.35. The second kappa shape index (κ2) is 4.96. The summed E-state index contributed by atoms with van der Waals surface area (Å²) in [6.45, 7) is 3.29. The zero-order valence-corrected chi connectivity index (χ0v) is 9.89. The van der Waals surface area contributed by atoms with Gasteiger partial charge in [-0.1, -0.05) is 25.4 Å². The lowest BCUT2D eigenvalue weighted by molar-refractivity contribution is -0.274. The van der Waals surface area contributed by atoms with E-state index in [2.05, 4.69) is 4.74 Å². The highest BCUT2D eigenvalue weighted by Crippen LogP contribution is 2.27. The number of carbonyl (C=O) groups excluding carboxylic acids is 1. The van der Waals surface area contributed by atoms with Crippen molar-refractivity contribution in [3.63, 3.8) is 0 Å². The monoisotopic (exact) mass is 266 g/mol. The van der Waals surface area contributed by atoms with E-state index in [9.17, 15) is 18.0 Å². The Balaban J connectivity index is 3.07. The van der Waals surface area contributed by atoms with Gasteiger partial charge in [0, 0.05) is 16.5 Å². The first-order valence-electron chi connectivity index (χ1n) is 4.79. The van der Waals surface area contributed by atoms with E-state index < -0.39 is 12.1 Å². The molecule has 2 nitrogen and oxygen atoms in total. The fourth-order valence-electron chi connectivity index (χ4n) is 1.23. The zero-order valence-electron chi connectivity index (χ0n) is 9.14. The van der Waals surface area contributed by atoms with Crippen molar-refractivity contribution < 1.29 is 22.7 Å². The Morgan fingerprint density at radius 2 is 1.88 bits per heavy atom. The van der Waals surface area contributed by atoms with Crippen molar-refractivity contribution in [3.8, 4) is 5.75 Å². The Morgan fingerprint density at radius 3 is 2.35 bits per heavy atom. The van der Waals surface area contributed by atoms with E-state index in [1.165, 1.54) is 6.07 Å². The van der Waals surface area contributed by atoms with Gasteiger partial charge in [0.15, 0.2) is 5.78 Å². The van der Waals surface area contributed by atoms with E-state index in [1.54, 1.807) is 13.8 Å². The molecule has 0 aromatic heterocycles. The van der Waals surface area contributed by atoms with Crippen molar-refractivity contribution >= 4 is 17.4 Å². The van der Waals surface area contributed by atoms with E-state index in [4.69, 9.17) is 11.6 Å². The Labute approximate surface area is 101 Å². The number of Topliss-reactive ketones (excluding diaryl/α,β-unsaturated/α-hetero) is 1. The molecule has 0 radical (unpaired) electrons. The van der Waals surface area contributed by atoms with Gasteiger partial charge in [-0.2, -0.15) is 0 Å². The van der Waals surface area contributed by atoms with Crippen molar-refractivity contribution in [1.82, 2.24) is 0 Å². The Morgan fingerprint density at radius 1 is 1.29 bits per heavy atom. The van der Waals surface area contributed by atoms with E-state index in [1.807, 2.05) is 0 Å². The first kappa shape index (κ1) is 13.8. The summed E-state index contributed by atoms with van der Waals surface area (Å²) in [5.74, 6) is -1.11. The van der Waals surface area contributed by atoms with Gasteiger partial charge in [-0.25, -0.2) is 0 Å². The molecule has 0 unspecified atom stereocenters. The van der Waals surface area contributed by atoms with Gasteiger partial charge in [0.2, 0.25) is 0 Å². The van der Waals surface area contributed by atoms with E-state index in [-0.39, 0.29) is 22.3 Å². The van der Waals surface area contributed by atoms with Crippen LogP contribution in [0.15, 0.2) is 18.2 Å². The van der Waals surface area contributed by atoms with Gasteiger partial charge < -0.3 is 4.74 Å². The molecule has 0 fully saturated rings. The van der Waals surface area contributed by atoms with Crippen LogP contribution < -0.4 is 4.74 Å². The third kappa shape index (κ3) is 4.26. The van der Waals surface area contributed by atoms with Crippen LogP contribution in [0.4, 0.5) is 13.2 Å². The number of hydrogen-bond donors (Lipinski definition) is 0. The molecule has 0 amide bonds. The predicted octanol–water partition coefficient (Wildman–Crippen LogP) is 4.08. The molecule has 0 bridgehead atoms. The highest BCUT2D eigenvalue weighted by molar-refractivity contribution is 6.31. The average molecular weight is 267 g/mol. The summed E-state index contributed by atoms with van der Waals surface area (Å²) < 4.78 is 39.8. The lowest BCUT2D eigenvalue weighted by atomic mass is 10.0. The second-order valence-corrected chi connectivity index (χ2v) is 4.18. The number of benzene rings is 1. The van der Waals surface area contributed by atoms with Gasteiger partial charge in [-0.15, -0.1) is 13.2 Å². The number of alkyl halides is 3. The lowest BCUT2D eigenvalue weighted by Gasteiger charge is -2.11. The molecule has 0 saturated heterocycles. The third-order valence-electron chi connectivity index (χ3n) is 1.91. The number of ketones is 1. The zero-order chi connectivity index (χ0) is 13.2. The molecule has 0 aliphatic carbocycles. The number of rotatable bonds is 3. The molecule has 6 heteroatoms. The molecule has 0 heterocycles. The van der Waals surface area contributed by atoms with Gasteiger partial charge in [-0.3, -0.25) is 4.79 Å². The molecule has 0 aliphatic heterocycles. The standard InChI is InChI=1S/C11H10ClF3O2/c1-6(2)10(16)7-3-8(12)5-9(4-7)17-11(13,14)15/h3-6H,1-2H3. The summed E-state index contributed by atoms with van der Waals surface area (Å²) in [4.78, 5) is 11.6. The van der Waals surface area contributed by atoms with Gasteiger partial charge in [0.1, 0.15) is 5.75 Å². The molecule has 17 heavy (non-hydrogen) atoms. The highest BCUT2D eigenvalue weighted by atomic mass is 35.5. The van der Waals surface area contributed by atoms with Crippen molar-refractivity contribution in [3.05, 3.63) is 28.8 Å². The van der Waals surface area contributed by atoms with Crippen LogP contribution in [0.3, 0.4) is 0 Å². The molecule has 1 aromatic carbocycles. The first-order valence-corrected chi connectivity index (χ1v) is 5.17. The van der Waals surface area contributed by atoms with Crippen LogP contribution in [0.25, 0.3) is 0 Å². The molecule has 0 N–H and O–H groups in total. The highest BCUT2D eigenvalue weighted by Gasteiger charge is 2.31. The van der Waals surface area contributed by atoms with Crippen molar-refractivity contribution in [2.75, 3.05) is 0 Å². The molecular weight excluding hydrogens is 257 g/mol. The maximum absolute atomic E-state index is 12.0. The summed E-state index contributed by atoms with van der Waals surface area (Å²) in [5.41, 5.74) is 0.103. The average Bonchev–Trinajstić information content (AvgIpc) is 2.12. The van der Waals surface area contributed by atoms with Crippen LogP contribution in [-0.4, -0.2) is 12.1 Å². The minimum absolute atomic E-state index is 0.0238. The SMILES string of the molecule is CC(C)C(=O)c1cc(Cl)cc(OC(F)(F)F)c1. The van der Waals surface area contributed by atoms with Crippen LogP contribution in [0.1, 0.15) is 24.2 Å². The predicted molar refractivity (Wildman–Crippen MR) is 57.3 cm³/mol. The molecule has 94 valence electrons. The summed E-state index contributed by atoms with van der Waals surface area (Å²) >= 11 is 5.63. The number of ether oxygens (including phenoxy) is 1. The summed E-state index contributed by atoms with van der Waals surface area (Å²) in [5, 5.41) is 0.0238. The first-order chi connectivity index (χ1) is 7.69. The molecule has 0 saturated carbocycles. The van der Waals surface area contributed by atoms with Crippen molar-refractivity contribution in [2.45, 2.75) is 20.2 Å². The van der Waals surface area contributed by atoms with Crippen LogP contribution in [-0.2, 0) is 0 Å². The van der Waals surface area contributed by atoms with Gasteiger partial charge in [0.05, 0.1) is 0 Å². The number of halogens is 4. The van der Waals surface area contributed by atoms with Gasteiger partial charge in [-0.05, 0) is 18.2 Å². The maximum Gasteiger partial charge on any atom is 0.573 e. The molecule has 1 aromatic rings. The molecular formula is C11H10ClF3O2. The van der Waals surface area contributed by atoms with Gasteiger partial charge >= 0.3 is 6.36 Å². The van der Waals surface area contributed by atoms with Crippen LogP contribution in [0.2, 0.25) is 5.02 Å². The molecule has 0 aliphatic rings. The fourth-order valence-corrected chi connectivity index (χ4v) is 1.46. The number of hydrogen-bond acceptors (Lipinski definition) is 2. The molecule has 0 spiro atoms. The van der Waals surface area contributed by atoms with Gasteiger partial charge in [0.25, 0.3) is 0 Å². The van der Waals surface area contributed by atoms with E-state index in [0.717, 1.165) is 12.1 Å². The Hall–Kier alpha value is -1.23. The minimum atomic E-state index is -4.80. The Kier molecular flexibility index (Phi) is 4.03. The van der Waals surface area contributed by atoms with Crippen molar-refractivity contribution in [2.24, 2.45) is 5.92 Å². The Bertz CT molecular complexity index is 427.